The number of carbonyl (C=O) groups excluding carboxylic acids is 1. The minimum absolute atomic E-state index is 0.252. The van der Waals surface area contributed by atoms with Crippen LogP contribution in [0.4, 0.5) is 17.1 Å². The Morgan fingerprint density at radius 3 is 2.68 bits per heavy atom. The monoisotopic (exact) mass is 331 g/mol. The number of benzene rings is 2. The van der Waals surface area contributed by atoms with Crippen molar-refractivity contribution in [1.82, 2.24) is 0 Å². The first kappa shape index (κ1) is 15.8. The van der Waals surface area contributed by atoms with Gasteiger partial charge in [0.15, 0.2) is 5.78 Å². The molecule has 1 atom stereocenters. The highest BCUT2D eigenvalue weighted by molar-refractivity contribution is 6.18. The topological polar surface area (TPSA) is 45.0 Å². The fraction of sp³-hybridized carbons (Fsp3) is 0.286. The van der Waals surface area contributed by atoms with E-state index < -0.39 is 5.41 Å². The predicted molar refractivity (Wildman–Crippen MR) is 103 cm³/mol. The van der Waals surface area contributed by atoms with E-state index >= 15 is 0 Å². The number of hydrogen-bond donors (Lipinski definition) is 0. The van der Waals surface area contributed by atoms with Gasteiger partial charge in [-0.1, -0.05) is 17.7 Å². The van der Waals surface area contributed by atoms with E-state index in [-0.39, 0.29) is 5.78 Å². The van der Waals surface area contributed by atoms with E-state index in [1.807, 2.05) is 44.2 Å². The molecule has 0 bridgehead atoms. The summed E-state index contributed by atoms with van der Waals surface area (Å²) in [6, 6.07) is 14.1. The predicted octanol–water partition coefficient (Wildman–Crippen LogP) is 4.40. The van der Waals surface area contributed by atoms with Gasteiger partial charge in [-0.3, -0.25) is 9.79 Å². The third-order valence-corrected chi connectivity index (χ3v) is 5.36. The number of amidine groups is 1. The van der Waals surface area contributed by atoms with Crippen LogP contribution in [0.5, 0.6) is 0 Å². The Labute approximate surface area is 147 Å². The van der Waals surface area contributed by atoms with E-state index in [0.29, 0.717) is 6.42 Å². The lowest BCUT2D eigenvalue weighted by molar-refractivity contribution is -0.123. The summed E-state index contributed by atoms with van der Waals surface area (Å²) < 4.78 is 0. The molecule has 0 aliphatic carbocycles. The lowest BCUT2D eigenvalue weighted by Gasteiger charge is -2.25. The Balaban J connectivity index is 1.83. The van der Waals surface area contributed by atoms with Crippen LogP contribution in [0.25, 0.3) is 0 Å². The fourth-order valence-corrected chi connectivity index (χ4v) is 3.74. The zero-order valence-electron chi connectivity index (χ0n) is 14.6. The Hall–Kier alpha value is -2.75. The molecule has 2 aliphatic heterocycles. The van der Waals surface area contributed by atoms with Gasteiger partial charge in [-0.15, -0.1) is 0 Å². The normalized spacial score (nSPS) is 22.1. The summed E-state index contributed by atoms with van der Waals surface area (Å²) in [4.78, 5) is 24.1. The minimum Gasteiger partial charge on any atom is -0.329 e. The van der Waals surface area contributed by atoms with Crippen LogP contribution < -0.4 is 4.90 Å². The molecule has 4 rings (SSSR count). The molecule has 4 nitrogen and oxygen atoms in total. The van der Waals surface area contributed by atoms with Gasteiger partial charge >= 0.3 is 0 Å². The maximum absolute atomic E-state index is 13.0. The Morgan fingerprint density at radius 2 is 1.96 bits per heavy atom. The van der Waals surface area contributed by atoms with Crippen molar-refractivity contribution in [2.75, 3.05) is 11.4 Å². The summed E-state index contributed by atoms with van der Waals surface area (Å²) in [6.45, 7) is 8.43. The highest BCUT2D eigenvalue weighted by Crippen LogP contribution is 2.42. The number of fused-ring (bicyclic) bond motifs is 2. The second kappa shape index (κ2) is 5.66. The highest BCUT2D eigenvalue weighted by Gasteiger charge is 2.47. The van der Waals surface area contributed by atoms with Gasteiger partial charge in [-0.05, 0) is 62.9 Å². The standard InChI is InChI=1S/C21H21N3O/c1-14-4-9-18-15(12-14)13-19(25)21(2)10-11-24(20(21)23-18)17-7-5-16(22-3)6-8-17/h4-9,12H,3,10-11,13H2,1-2H3/t21-/m0/s1. The van der Waals surface area contributed by atoms with Crippen molar-refractivity contribution in [3.05, 3.63) is 53.6 Å². The van der Waals surface area contributed by atoms with Gasteiger partial charge in [0.25, 0.3) is 0 Å². The van der Waals surface area contributed by atoms with E-state index in [9.17, 15) is 4.79 Å². The number of ketones is 1. The molecule has 1 fully saturated rings. The molecule has 4 heteroatoms. The quantitative estimate of drug-likeness (QED) is 0.766. The van der Waals surface area contributed by atoms with Crippen LogP contribution >= 0.6 is 0 Å². The van der Waals surface area contributed by atoms with Crippen molar-refractivity contribution in [2.24, 2.45) is 15.4 Å². The summed E-state index contributed by atoms with van der Waals surface area (Å²) in [5.41, 5.74) is 4.45. The van der Waals surface area contributed by atoms with Crippen molar-refractivity contribution in [3.8, 4) is 0 Å². The lowest BCUT2D eigenvalue weighted by Crippen LogP contribution is -2.38. The van der Waals surface area contributed by atoms with Crippen molar-refractivity contribution >= 4 is 35.4 Å². The van der Waals surface area contributed by atoms with Crippen molar-refractivity contribution in [3.63, 3.8) is 0 Å². The average Bonchev–Trinajstić information content (AvgIpc) is 2.90. The van der Waals surface area contributed by atoms with Gasteiger partial charge in [0.2, 0.25) is 0 Å². The van der Waals surface area contributed by atoms with Gasteiger partial charge in [0, 0.05) is 18.7 Å². The molecule has 126 valence electrons. The lowest BCUT2D eigenvalue weighted by atomic mass is 9.81. The number of anilines is 1. The molecule has 0 saturated carbocycles. The zero-order valence-corrected chi connectivity index (χ0v) is 14.6. The molecule has 0 aromatic heterocycles. The molecule has 1 saturated heterocycles. The number of rotatable bonds is 2. The smallest absolute Gasteiger partial charge is 0.150 e. The summed E-state index contributed by atoms with van der Waals surface area (Å²) in [5.74, 6) is 1.11. The number of hydrogen-bond acceptors (Lipinski definition) is 4. The van der Waals surface area contributed by atoms with E-state index in [4.69, 9.17) is 4.99 Å². The molecule has 0 amide bonds. The first-order valence-corrected chi connectivity index (χ1v) is 8.57. The van der Waals surface area contributed by atoms with Gasteiger partial charge in [0.1, 0.15) is 5.84 Å². The van der Waals surface area contributed by atoms with Crippen LogP contribution in [0, 0.1) is 12.3 Å². The average molecular weight is 331 g/mol. The van der Waals surface area contributed by atoms with Gasteiger partial charge in [-0.25, -0.2) is 4.99 Å². The van der Waals surface area contributed by atoms with Gasteiger partial charge in [0.05, 0.1) is 16.8 Å². The van der Waals surface area contributed by atoms with Crippen LogP contribution in [-0.4, -0.2) is 24.9 Å². The SMILES string of the molecule is C=Nc1ccc(N2CC[C@@]3(C)C(=O)Cc4cc(C)ccc4N=C23)cc1. The summed E-state index contributed by atoms with van der Waals surface area (Å²) in [6.07, 6.45) is 1.24. The largest absolute Gasteiger partial charge is 0.329 e. The first-order chi connectivity index (χ1) is 12.0. The molecule has 0 unspecified atom stereocenters. The number of aryl methyl sites for hydroxylation is 1. The molecule has 0 spiro atoms. The second-order valence-corrected chi connectivity index (χ2v) is 7.08. The molecule has 2 aromatic carbocycles. The number of aliphatic imine (C=N–C) groups is 2. The van der Waals surface area contributed by atoms with Crippen LogP contribution in [0.3, 0.4) is 0 Å². The van der Waals surface area contributed by atoms with Crippen molar-refractivity contribution < 1.29 is 4.79 Å². The van der Waals surface area contributed by atoms with Crippen LogP contribution in [0.1, 0.15) is 24.5 Å². The zero-order chi connectivity index (χ0) is 17.6. The van der Waals surface area contributed by atoms with Crippen molar-refractivity contribution in [1.29, 1.82) is 0 Å². The van der Waals surface area contributed by atoms with Crippen LogP contribution in [0.15, 0.2) is 52.4 Å². The fourth-order valence-electron chi connectivity index (χ4n) is 3.74. The van der Waals surface area contributed by atoms with E-state index in [2.05, 4.69) is 28.7 Å². The Bertz CT molecular complexity index is 898. The molecular weight excluding hydrogens is 310 g/mol. The van der Waals surface area contributed by atoms with Crippen LogP contribution in [0.2, 0.25) is 0 Å². The number of Topliss-reactive ketones (excluding diaryl/α,β-unsaturated/α-hetero) is 1. The molecule has 2 heterocycles. The van der Waals surface area contributed by atoms with Gasteiger partial charge in [-0.2, -0.15) is 0 Å². The Kier molecular flexibility index (Phi) is 3.57. The highest BCUT2D eigenvalue weighted by atomic mass is 16.1. The maximum atomic E-state index is 13.0. The molecule has 0 N–H and O–H groups in total. The molecular formula is C21H21N3O. The third-order valence-electron chi connectivity index (χ3n) is 5.36. The summed E-state index contributed by atoms with van der Waals surface area (Å²) in [5, 5.41) is 0. The summed E-state index contributed by atoms with van der Waals surface area (Å²) >= 11 is 0. The van der Waals surface area contributed by atoms with E-state index in [1.165, 1.54) is 0 Å². The molecule has 25 heavy (non-hydrogen) atoms. The second-order valence-electron chi connectivity index (χ2n) is 7.08. The van der Waals surface area contributed by atoms with Crippen LogP contribution in [-0.2, 0) is 11.2 Å². The Morgan fingerprint density at radius 1 is 1.20 bits per heavy atom. The molecule has 2 aromatic rings. The number of carbonyl (C=O) groups is 1. The first-order valence-electron chi connectivity index (χ1n) is 8.57. The minimum atomic E-state index is -0.526. The summed E-state index contributed by atoms with van der Waals surface area (Å²) in [7, 11) is 0. The third kappa shape index (κ3) is 2.49. The number of nitrogens with zero attached hydrogens (tertiary/aromatic N) is 3. The van der Waals surface area contributed by atoms with Crippen molar-refractivity contribution in [2.45, 2.75) is 26.7 Å². The molecule has 0 radical (unpaired) electrons. The van der Waals surface area contributed by atoms with Gasteiger partial charge < -0.3 is 4.90 Å². The maximum Gasteiger partial charge on any atom is 0.150 e. The van der Waals surface area contributed by atoms with E-state index in [0.717, 1.165) is 47.0 Å². The van der Waals surface area contributed by atoms with E-state index in [1.54, 1.807) is 0 Å². The molecule has 2 aliphatic rings.